The van der Waals surface area contributed by atoms with Crippen LogP contribution in [0, 0.1) is 5.92 Å². The Bertz CT molecular complexity index is 1200. The normalized spacial score (nSPS) is 19.4. The number of anilines is 1. The Kier molecular flexibility index (Phi) is 9.01. The number of aliphatic hydroxyl groups excluding tert-OH is 1. The molecule has 212 valence electrons. The van der Waals surface area contributed by atoms with E-state index in [0.29, 0.717) is 37.8 Å². The maximum Gasteiger partial charge on any atom is 0.354 e. The van der Waals surface area contributed by atoms with Crippen molar-refractivity contribution in [3.8, 4) is 5.69 Å². The molecule has 2 unspecified atom stereocenters. The number of amides is 3. The van der Waals surface area contributed by atoms with Crippen LogP contribution in [0.1, 0.15) is 32.3 Å². The number of nitrogens with two attached hydrogens (primary N) is 2. The molecule has 1 aromatic heterocycles. The molecule has 2 saturated heterocycles. The molecule has 2 aliphatic heterocycles. The lowest BCUT2D eigenvalue weighted by Crippen LogP contribution is -2.60. The van der Waals surface area contributed by atoms with Crippen molar-refractivity contribution in [3.63, 3.8) is 0 Å². The number of nitrogens with zero attached hydrogens (tertiary/aromatic N) is 5. The van der Waals surface area contributed by atoms with Crippen LogP contribution in [-0.2, 0) is 11.3 Å². The number of benzene rings is 1. The van der Waals surface area contributed by atoms with E-state index in [1.807, 2.05) is 24.3 Å². The molecular formula is C27H40N8O4. The second-order valence-electron chi connectivity index (χ2n) is 10.9. The number of piperazine rings is 1. The molecule has 0 saturated carbocycles. The third kappa shape index (κ3) is 7.01. The minimum atomic E-state index is -1.35. The molecule has 2 atom stereocenters. The maximum absolute atomic E-state index is 12.7. The molecule has 39 heavy (non-hydrogen) atoms. The highest BCUT2D eigenvalue weighted by Crippen LogP contribution is 2.21. The average molecular weight is 541 g/mol. The summed E-state index contributed by atoms with van der Waals surface area (Å²) in [7, 11) is 0. The number of rotatable bonds is 7. The zero-order valence-corrected chi connectivity index (χ0v) is 22.8. The maximum atomic E-state index is 12.7. The van der Waals surface area contributed by atoms with Gasteiger partial charge in [-0.3, -0.25) is 19.6 Å². The van der Waals surface area contributed by atoms with E-state index in [0.717, 1.165) is 32.5 Å². The van der Waals surface area contributed by atoms with Crippen molar-refractivity contribution >= 4 is 17.8 Å². The first-order valence-electron chi connectivity index (χ1n) is 13.5. The van der Waals surface area contributed by atoms with Crippen molar-refractivity contribution < 1.29 is 14.7 Å². The molecule has 0 radical (unpaired) electrons. The van der Waals surface area contributed by atoms with Crippen LogP contribution in [0.3, 0.4) is 0 Å². The third-order valence-electron chi connectivity index (χ3n) is 7.71. The van der Waals surface area contributed by atoms with Gasteiger partial charge in [0.15, 0.2) is 0 Å². The number of likely N-dealkylation sites (tertiary alicyclic amines) is 1. The molecule has 12 heteroatoms. The summed E-state index contributed by atoms with van der Waals surface area (Å²) in [6.07, 6.45) is 3.83. The van der Waals surface area contributed by atoms with Gasteiger partial charge in [0, 0.05) is 45.0 Å². The van der Waals surface area contributed by atoms with E-state index in [9.17, 15) is 19.5 Å². The summed E-state index contributed by atoms with van der Waals surface area (Å²) in [6.45, 7) is 7.24. The van der Waals surface area contributed by atoms with Gasteiger partial charge in [0.2, 0.25) is 5.91 Å². The number of hydrogen-bond acceptors (Lipinski definition) is 8. The van der Waals surface area contributed by atoms with Gasteiger partial charge in [0.25, 0.3) is 0 Å². The Morgan fingerprint density at radius 3 is 2.26 bits per heavy atom. The Morgan fingerprint density at radius 2 is 1.69 bits per heavy atom. The summed E-state index contributed by atoms with van der Waals surface area (Å²) in [6, 6.07) is 9.26. The molecule has 2 aromatic rings. The lowest BCUT2D eigenvalue weighted by Gasteiger charge is -2.37. The van der Waals surface area contributed by atoms with Crippen molar-refractivity contribution in [2.75, 3.05) is 51.2 Å². The summed E-state index contributed by atoms with van der Waals surface area (Å²) < 4.78 is 1.43. The van der Waals surface area contributed by atoms with Crippen LogP contribution in [0.25, 0.3) is 5.69 Å². The smallest absolute Gasteiger partial charge is 0.354 e. The fraction of sp³-hybridized carbons (Fsp3) is 0.556. The highest BCUT2D eigenvalue weighted by atomic mass is 16.3. The Balaban J connectivity index is 1.30. The first-order valence-corrected chi connectivity index (χ1v) is 13.5. The summed E-state index contributed by atoms with van der Waals surface area (Å²) in [5.41, 5.74) is 11.9. The van der Waals surface area contributed by atoms with Gasteiger partial charge in [-0.05, 0) is 69.5 Å². The van der Waals surface area contributed by atoms with E-state index >= 15 is 0 Å². The van der Waals surface area contributed by atoms with Crippen LogP contribution in [0.4, 0.5) is 10.6 Å². The molecule has 0 aliphatic carbocycles. The van der Waals surface area contributed by atoms with Crippen LogP contribution in [0.2, 0.25) is 0 Å². The summed E-state index contributed by atoms with van der Waals surface area (Å²) >= 11 is 0. The molecular weight excluding hydrogens is 500 g/mol. The Labute approximate surface area is 228 Å². The zero-order chi connectivity index (χ0) is 28.2. The lowest BCUT2D eigenvalue weighted by molar-refractivity contribution is -0.139. The molecule has 4 rings (SSSR count). The minimum absolute atomic E-state index is 0.154. The summed E-state index contributed by atoms with van der Waals surface area (Å²) in [5.74, 6) is 0.392. The van der Waals surface area contributed by atoms with Crippen molar-refractivity contribution in [1.82, 2.24) is 24.3 Å². The summed E-state index contributed by atoms with van der Waals surface area (Å²) in [5, 5.41) is 12.0. The van der Waals surface area contributed by atoms with Crippen molar-refractivity contribution in [2.45, 2.75) is 44.8 Å². The number of carbonyl (C=O) groups excluding carboxylic acids is 2. The van der Waals surface area contributed by atoms with Gasteiger partial charge in [0.1, 0.15) is 11.4 Å². The average Bonchev–Trinajstić information content (AvgIpc) is 2.93. The van der Waals surface area contributed by atoms with Gasteiger partial charge in [-0.2, -0.15) is 4.98 Å². The number of piperidine rings is 1. The molecule has 6 N–H and O–H groups in total. The van der Waals surface area contributed by atoms with Gasteiger partial charge in [-0.25, -0.2) is 9.59 Å². The van der Waals surface area contributed by atoms with Crippen LogP contribution in [0.15, 0.2) is 41.3 Å². The number of nitrogens with one attached hydrogen (secondary N) is 1. The van der Waals surface area contributed by atoms with E-state index in [4.69, 9.17) is 11.5 Å². The van der Waals surface area contributed by atoms with E-state index in [-0.39, 0.29) is 17.8 Å². The fourth-order valence-corrected chi connectivity index (χ4v) is 5.06. The molecule has 1 aromatic carbocycles. The Morgan fingerprint density at radius 1 is 1.08 bits per heavy atom. The molecule has 2 aliphatic rings. The van der Waals surface area contributed by atoms with Gasteiger partial charge >= 0.3 is 11.7 Å². The topological polar surface area (TPSA) is 163 Å². The first kappa shape index (κ1) is 28.7. The number of hydrogen-bond donors (Lipinski definition) is 4. The molecule has 12 nitrogen and oxygen atoms in total. The number of carbonyl (C=O) groups is 2. The van der Waals surface area contributed by atoms with Gasteiger partial charge in [-0.1, -0.05) is 12.1 Å². The molecule has 0 bridgehead atoms. The zero-order valence-electron chi connectivity index (χ0n) is 22.8. The minimum Gasteiger partial charge on any atom is -0.394 e. The first-order chi connectivity index (χ1) is 18.6. The lowest BCUT2D eigenvalue weighted by atomic mass is 9.91. The molecule has 0 spiro atoms. The van der Waals surface area contributed by atoms with E-state index in [1.165, 1.54) is 22.0 Å². The molecule has 2 fully saturated rings. The highest BCUT2D eigenvalue weighted by molar-refractivity contribution is 5.89. The van der Waals surface area contributed by atoms with Gasteiger partial charge < -0.3 is 26.4 Å². The second kappa shape index (κ2) is 12.2. The van der Waals surface area contributed by atoms with Crippen LogP contribution >= 0.6 is 0 Å². The largest absolute Gasteiger partial charge is 0.394 e. The second-order valence-corrected chi connectivity index (χ2v) is 10.9. The van der Waals surface area contributed by atoms with Crippen LogP contribution < -0.4 is 22.5 Å². The predicted octanol–water partition coefficient (Wildman–Crippen LogP) is 0.178. The standard InChI is InChI=1S/C27H40N8O4/c1-19(28)21-7-10-32(11-8-21)17-20-3-5-22(6-4-20)35-12-9-23(31-26(35)39)30-25(38)34-15-13-33(14-16-34)24(37)27(2,29)18-36/h3-6,9,12,19,21,36H,7-8,10-11,13-18,28-29H2,1-2H3,(H,30,31,38,39). The van der Waals surface area contributed by atoms with Crippen molar-refractivity contribution in [1.29, 1.82) is 0 Å². The SMILES string of the molecule is CC(N)C1CCN(Cc2ccc(-n3ccc(NC(=O)N4CCN(C(=O)C(C)(N)CO)CC4)nc3=O)cc2)CC1. The van der Waals surface area contributed by atoms with Crippen LogP contribution in [-0.4, -0.2) is 98.8 Å². The van der Waals surface area contributed by atoms with Crippen LogP contribution in [0.5, 0.6) is 0 Å². The summed E-state index contributed by atoms with van der Waals surface area (Å²) in [4.78, 5) is 47.4. The van der Waals surface area contributed by atoms with Crippen molar-refractivity contribution in [2.24, 2.45) is 17.4 Å². The highest BCUT2D eigenvalue weighted by Gasteiger charge is 2.34. The van der Waals surface area contributed by atoms with Crippen molar-refractivity contribution in [3.05, 3.63) is 52.6 Å². The number of urea groups is 1. The van der Waals surface area contributed by atoms with Gasteiger partial charge in [-0.15, -0.1) is 0 Å². The Hall–Kier alpha value is -3.32. The van der Waals surface area contributed by atoms with E-state index in [1.54, 1.807) is 17.2 Å². The number of aliphatic hydroxyl groups is 1. The number of aromatic nitrogens is 2. The van der Waals surface area contributed by atoms with E-state index in [2.05, 4.69) is 22.1 Å². The predicted molar refractivity (Wildman–Crippen MR) is 148 cm³/mol. The third-order valence-corrected chi connectivity index (χ3v) is 7.71. The van der Waals surface area contributed by atoms with Gasteiger partial charge in [0.05, 0.1) is 12.3 Å². The molecule has 3 amide bonds. The quantitative estimate of drug-likeness (QED) is 0.386. The monoisotopic (exact) mass is 540 g/mol. The molecule has 3 heterocycles. The van der Waals surface area contributed by atoms with E-state index < -0.39 is 23.9 Å². The fourth-order valence-electron chi connectivity index (χ4n) is 5.06.